The van der Waals surface area contributed by atoms with Gasteiger partial charge in [0.05, 0.1) is 18.7 Å². The molecule has 2 aliphatic rings. The van der Waals surface area contributed by atoms with Gasteiger partial charge < -0.3 is 19.9 Å². The summed E-state index contributed by atoms with van der Waals surface area (Å²) in [4.78, 5) is 33.1. The maximum absolute atomic E-state index is 12.6. The number of amides is 3. The zero-order valence-electron chi connectivity index (χ0n) is 16.7. The largest absolute Gasteiger partial charge is 0.378 e. The first-order valence-corrected chi connectivity index (χ1v) is 10.4. The number of piperidine rings is 1. The van der Waals surface area contributed by atoms with E-state index in [9.17, 15) is 9.59 Å². The van der Waals surface area contributed by atoms with Crippen molar-refractivity contribution in [3.8, 4) is 0 Å². The maximum Gasteiger partial charge on any atom is 0.317 e. The average molecular weight is 396 g/mol. The third kappa shape index (κ3) is 5.03. The SMILES string of the molecule is O=C(CCc1cnc2ccccc2c1)N1CCC(NC(=O)N2CCOCC2)CC1. The normalized spacial score (nSPS) is 18.1. The monoisotopic (exact) mass is 396 g/mol. The van der Waals surface area contributed by atoms with Gasteiger partial charge in [-0.15, -0.1) is 0 Å². The van der Waals surface area contributed by atoms with Crippen molar-refractivity contribution in [3.63, 3.8) is 0 Å². The molecular formula is C22H28N4O3. The second kappa shape index (κ2) is 9.22. The molecule has 1 N–H and O–H groups in total. The van der Waals surface area contributed by atoms with E-state index in [1.807, 2.05) is 35.4 Å². The van der Waals surface area contributed by atoms with Gasteiger partial charge in [-0.25, -0.2) is 4.79 Å². The number of carbonyl (C=O) groups excluding carboxylic acids is 2. The molecule has 0 radical (unpaired) electrons. The number of hydrogen-bond acceptors (Lipinski definition) is 4. The minimum Gasteiger partial charge on any atom is -0.378 e. The van der Waals surface area contributed by atoms with Crippen LogP contribution in [0.3, 0.4) is 0 Å². The highest BCUT2D eigenvalue weighted by Crippen LogP contribution is 2.16. The van der Waals surface area contributed by atoms with Crippen LogP contribution in [0, 0.1) is 0 Å². The van der Waals surface area contributed by atoms with Gasteiger partial charge in [-0.3, -0.25) is 9.78 Å². The highest BCUT2D eigenvalue weighted by Gasteiger charge is 2.25. The van der Waals surface area contributed by atoms with E-state index in [4.69, 9.17) is 4.74 Å². The molecule has 2 aromatic rings. The Morgan fingerprint density at radius 3 is 2.62 bits per heavy atom. The number of morpholine rings is 1. The number of benzene rings is 1. The number of hydrogen-bond donors (Lipinski definition) is 1. The van der Waals surface area contributed by atoms with Crippen LogP contribution in [-0.2, 0) is 16.0 Å². The number of para-hydroxylation sites is 1. The number of carbonyl (C=O) groups is 2. The number of nitrogens with zero attached hydrogens (tertiary/aromatic N) is 3. The van der Waals surface area contributed by atoms with Crippen molar-refractivity contribution in [2.24, 2.45) is 0 Å². The number of nitrogens with one attached hydrogen (secondary N) is 1. The van der Waals surface area contributed by atoms with E-state index >= 15 is 0 Å². The molecule has 0 atom stereocenters. The number of fused-ring (bicyclic) bond motifs is 1. The Kier molecular flexibility index (Phi) is 6.24. The average Bonchev–Trinajstić information content (AvgIpc) is 2.78. The zero-order chi connectivity index (χ0) is 20.1. The second-order valence-electron chi connectivity index (χ2n) is 7.74. The molecule has 0 saturated carbocycles. The Balaban J connectivity index is 1.21. The number of ether oxygens (including phenoxy) is 1. The fourth-order valence-electron chi connectivity index (χ4n) is 3.97. The number of pyridine rings is 1. The molecule has 3 amide bonds. The molecule has 2 saturated heterocycles. The van der Waals surface area contributed by atoms with Gasteiger partial charge in [0, 0.05) is 50.2 Å². The Bertz CT molecular complexity index is 858. The van der Waals surface area contributed by atoms with Gasteiger partial charge in [0.15, 0.2) is 0 Å². The van der Waals surface area contributed by atoms with Crippen molar-refractivity contribution in [1.82, 2.24) is 20.1 Å². The molecule has 0 bridgehead atoms. The Labute approximate surface area is 171 Å². The number of aryl methyl sites for hydroxylation is 1. The van der Waals surface area contributed by atoms with Crippen molar-refractivity contribution in [2.45, 2.75) is 31.7 Å². The lowest BCUT2D eigenvalue weighted by molar-refractivity contribution is -0.132. The van der Waals surface area contributed by atoms with Gasteiger partial charge in [0.1, 0.15) is 0 Å². The second-order valence-corrected chi connectivity index (χ2v) is 7.74. The Morgan fingerprint density at radius 1 is 1.07 bits per heavy atom. The summed E-state index contributed by atoms with van der Waals surface area (Å²) in [7, 11) is 0. The van der Waals surface area contributed by atoms with E-state index in [2.05, 4.69) is 16.4 Å². The van der Waals surface area contributed by atoms with Crippen molar-refractivity contribution in [2.75, 3.05) is 39.4 Å². The molecule has 1 aromatic carbocycles. The molecule has 4 rings (SSSR count). The summed E-state index contributed by atoms with van der Waals surface area (Å²) in [6.45, 7) is 3.89. The number of aromatic nitrogens is 1. The first-order chi connectivity index (χ1) is 14.2. The van der Waals surface area contributed by atoms with Gasteiger partial charge in [0.25, 0.3) is 0 Å². The van der Waals surface area contributed by atoms with Crippen molar-refractivity contribution >= 4 is 22.8 Å². The van der Waals surface area contributed by atoms with Crippen molar-refractivity contribution < 1.29 is 14.3 Å². The molecule has 7 nitrogen and oxygen atoms in total. The van der Waals surface area contributed by atoms with Crippen LogP contribution >= 0.6 is 0 Å². The first kappa shape index (κ1) is 19.6. The summed E-state index contributed by atoms with van der Waals surface area (Å²) < 4.78 is 5.29. The smallest absolute Gasteiger partial charge is 0.317 e. The van der Waals surface area contributed by atoms with E-state index in [1.165, 1.54) is 0 Å². The zero-order valence-corrected chi connectivity index (χ0v) is 16.7. The number of likely N-dealkylation sites (tertiary alicyclic amines) is 1. The Morgan fingerprint density at radius 2 is 1.83 bits per heavy atom. The molecule has 3 heterocycles. The lowest BCUT2D eigenvalue weighted by Gasteiger charge is -2.34. The lowest BCUT2D eigenvalue weighted by Crippen LogP contribution is -2.52. The Hall–Kier alpha value is -2.67. The molecule has 2 fully saturated rings. The summed E-state index contributed by atoms with van der Waals surface area (Å²) in [5, 5.41) is 4.21. The molecule has 2 aliphatic heterocycles. The lowest BCUT2D eigenvalue weighted by atomic mass is 10.0. The predicted octanol–water partition coefficient (Wildman–Crippen LogP) is 2.20. The summed E-state index contributed by atoms with van der Waals surface area (Å²) >= 11 is 0. The van der Waals surface area contributed by atoms with Crippen molar-refractivity contribution in [1.29, 1.82) is 0 Å². The van der Waals surface area contributed by atoms with Crippen LogP contribution in [0.4, 0.5) is 4.79 Å². The standard InChI is InChI=1S/C22H28N4O3/c27-21(6-5-17-15-18-3-1-2-4-20(18)23-16-17)25-9-7-19(8-10-25)24-22(28)26-11-13-29-14-12-26/h1-4,15-16,19H,5-14H2,(H,24,28). The van der Waals surface area contributed by atoms with Gasteiger partial charge >= 0.3 is 6.03 Å². The summed E-state index contributed by atoms with van der Waals surface area (Å²) in [5.74, 6) is 0.177. The van der Waals surface area contributed by atoms with Gasteiger partial charge in [0.2, 0.25) is 5.91 Å². The highest BCUT2D eigenvalue weighted by atomic mass is 16.5. The minimum atomic E-state index is -0.0121. The van der Waals surface area contributed by atoms with Gasteiger partial charge in [-0.1, -0.05) is 18.2 Å². The van der Waals surface area contributed by atoms with E-state index in [1.54, 1.807) is 4.90 Å². The molecule has 7 heteroatoms. The predicted molar refractivity (Wildman–Crippen MR) is 111 cm³/mol. The molecule has 154 valence electrons. The molecular weight excluding hydrogens is 368 g/mol. The van der Waals surface area contributed by atoms with Crippen LogP contribution in [0.1, 0.15) is 24.8 Å². The van der Waals surface area contributed by atoms with Crippen LogP contribution in [0.15, 0.2) is 36.5 Å². The molecule has 1 aromatic heterocycles. The van der Waals surface area contributed by atoms with Gasteiger partial charge in [-0.05, 0) is 37.0 Å². The fourth-order valence-corrected chi connectivity index (χ4v) is 3.97. The van der Waals surface area contributed by atoms with Crippen molar-refractivity contribution in [3.05, 3.63) is 42.1 Å². The van der Waals surface area contributed by atoms with Gasteiger partial charge in [-0.2, -0.15) is 0 Å². The topological polar surface area (TPSA) is 74.8 Å². The summed E-state index contributed by atoms with van der Waals surface area (Å²) in [6.07, 6.45) is 4.66. The first-order valence-electron chi connectivity index (χ1n) is 10.4. The van der Waals surface area contributed by atoms with E-state index < -0.39 is 0 Å². The molecule has 29 heavy (non-hydrogen) atoms. The minimum absolute atomic E-state index is 0.0121. The quantitative estimate of drug-likeness (QED) is 0.860. The highest BCUT2D eigenvalue weighted by molar-refractivity contribution is 5.79. The van der Waals surface area contributed by atoms with Crippen LogP contribution in [0.25, 0.3) is 10.9 Å². The van der Waals surface area contributed by atoms with Crippen LogP contribution in [0.2, 0.25) is 0 Å². The van der Waals surface area contributed by atoms with E-state index in [-0.39, 0.29) is 18.0 Å². The number of urea groups is 1. The summed E-state index contributed by atoms with van der Waals surface area (Å²) in [5.41, 5.74) is 2.06. The van der Waals surface area contributed by atoms with Crippen LogP contribution < -0.4 is 5.32 Å². The number of rotatable bonds is 4. The van der Waals surface area contributed by atoms with E-state index in [0.717, 1.165) is 29.3 Å². The van der Waals surface area contributed by atoms with E-state index in [0.29, 0.717) is 52.2 Å². The molecule has 0 spiro atoms. The third-order valence-corrected chi connectivity index (χ3v) is 5.75. The third-order valence-electron chi connectivity index (χ3n) is 5.75. The maximum atomic E-state index is 12.6. The molecule has 0 unspecified atom stereocenters. The molecule has 0 aliphatic carbocycles. The fraction of sp³-hybridized carbons (Fsp3) is 0.500. The van der Waals surface area contributed by atoms with Crippen LogP contribution in [0.5, 0.6) is 0 Å². The van der Waals surface area contributed by atoms with Crippen LogP contribution in [-0.4, -0.2) is 72.2 Å². The summed E-state index contributed by atoms with van der Waals surface area (Å²) in [6, 6.07) is 10.3.